The number of carbonyl (C=O) groups excluding carboxylic acids is 1. The molecule has 18 heavy (non-hydrogen) atoms. The molecule has 8 heteroatoms. The van der Waals surface area contributed by atoms with Gasteiger partial charge in [0, 0.05) is 24.4 Å². The van der Waals surface area contributed by atoms with Crippen molar-refractivity contribution >= 4 is 39.1 Å². The van der Waals surface area contributed by atoms with Gasteiger partial charge in [-0.2, -0.15) is 0 Å². The van der Waals surface area contributed by atoms with Gasteiger partial charge in [0.05, 0.1) is 16.4 Å². The summed E-state index contributed by atoms with van der Waals surface area (Å²) in [6.07, 6.45) is 1.94. The third-order valence-corrected chi connectivity index (χ3v) is 3.84. The smallest absolute Gasteiger partial charge is 0.227 e. The first-order valence-electron chi connectivity index (χ1n) is 5.24. The molecule has 1 fully saturated rings. The Bertz CT molecular complexity index is 531. The number of carbonyl (C=O) groups is 1. The number of halogens is 2. The van der Waals surface area contributed by atoms with Crippen molar-refractivity contribution < 1.29 is 4.79 Å². The van der Waals surface area contributed by atoms with Crippen LogP contribution in [-0.4, -0.2) is 24.0 Å². The van der Waals surface area contributed by atoms with Gasteiger partial charge in [0.1, 0.15) is 5.15 Å². The summed E-state index contributed by atoms with van der Waals surface area (Å²) in [6.45, 7) is 0.870. The Hall–Kier alpha value is -1.30. The highest BCUT2D eigenvalue weighted by atomic mass is 79.9. The van der Waals surface area contributed by atoms with Crippen molar-refractivity contribution in [1.29, 1.82) is 0 Å². The van der Waals surface area contributed by atoms with E-state index >= 15 is 0 Å². The topological polar surface area (TPSA) is 82.0 Å². The highest BCUT2D eigenvalue weighted by Crippen LogP contribution is 2.29. The fraction of sp³-hybridized carbons (Fsp3) is 0.400. The first kappa shape index (κ1) is 13.1. The van der Waals surface area contributed by atoms with Crippen LogP contribution in [0.1, 0.15) is 6.42 Å². The monoisotopic (exact) mass is 329 g/mol. The number of nitrogens with zero attached hydrogens (tertiary/aromatic N) is 5. The Morgan fingerprint density at radius 2 is 2.50 bits per heavy atom. The van der Waals surface area contributed by atoms with Crippen LogP contribution in [-0.2, 0) is 4.79 Å². The molecule has 0 spiro atoms. The Labute approximate surface area is 117 Å². The van der Waals surface area contributed by atoms with E-state index in [1.807, 2.05) is 0 Å². The molecule has 0 bridgehead atoms. The molecule has 1 aliphatic rings. The van der Waals surface area contributed by atoms with Gasteiger partial charge in [0.25, 0.3) is 0 Å². The predicted octanol–water partition coefficient (Wildman–Crippen LogP) is 3.16. The van der Waals surface area contributed by atoms with E-state index < -0.39 is 0 Å². The van der Waals surface area contributed by atoms with Crippen LogP contribution in [0, 0.1) is 5.92 Å². The summed E-state index contributed by atoms with van der Waals surface area (Å²) in [7, 11) is 0. The molecule has 1 saturated heterocycles. The molecule has 1 aromatic heterocycles. The second kappa shape index (κ2) is 5.56. The number of amides is 1. The molecule has 2 rings (SSSR count). The summed E-state index contributed by atoms with van der Waals surface area (Å²) < 4.78 is 0.646. The fourth-order valence-corrected chi connectivity index (χ4v) is 2.30. The predicted molar refractivity (Wildman–Crippen MR) is 71.4 cm³/mol. The molecule has 1 unspecified atom stereocenters. The lowest BCUT2D eigenvalue weighted by Crippen LogP contribution is -2.24. The summed E-state index contributed by atoms with van der Waals surface area (Å²) in [6, 6.07) is 1.75. The Balaban J connectivity index is 2.16. The molecule has 2 heterocycles. The van der Waals surface area contributed by atoms with E-state index in [1.165, 1.54) is 0 Å². The number of hydrogen-bond donors (Lipinski definition) is 0. The SMILES string of the molecule is [N-]=[N+]=NCC1CC(=O)N(c2cnc(Cl)c(Br)c2)C1. The van der Waals surface area contributed by atoms with Gasteiger partial charge in [-0.1, -0.05) is 16.7 Å². The minimum Gasteiger partial charge on any atom is -0.311 e. The minimum absolute atomic E-state index is 0.00385. The van der Waals surface area contributed by atoms with E-state index in [1.54, 1.807) is 17.2 Å². The van der Waals surface area contributed by atoms with Crippen molar-refractivity contribution in [3.8, 4) is 0 Å². The number of azide groups is 1. The quantitative estimate of drug-likeness (QED) is 0.369. The standard InChI is InChI=1S/C10H9BrClN5O/c11-8-2-7(4-14-10(8)12)17-5-6(1-9(17)18)3-15-16-13/h2,4,6H,1,3,5H2. The maximum absolute atomic E-state index is 11.9. The molecular weight excluding hydrogens is 322 g/mol. The number of rotatable bonds is 3. The van der Waals surface area contributed by atoms with Gasteiger partial charge in [0.2, 0.25) is 5.91 Å². The molecule has 0 radical (unpaired) electrons. The molecule has 1 aliphatic heterocycles. The van der Waals surface area contributed by atoms with Gasteiger partial charge >= 0.3 is 0 Å². The van der Waals surface area contributed by atoms with E-state index in [9.17, 15) is 4.79 Å². The number of hydrogen-bond acceptors (Lipinski definition) is 3. The van der Waals surface area contributed by atoms with Crippen molar-refractivity contribution in [1.82, 2.24) is 4.98 Å². The first-order valence-corrected chi connectivity index (χ1v) is 6.41. The van der Waals surface area contributed by atoms with E-state index in [4.69, 9.17) is 17.1 Å². The van der Waals surface area contributed by atoms with Crippen molar-refractivity contribution in [2.24, 2.45) is 11.0 Å². The third-order valence-electron chi connectivity index (χ3n) is 2.70. The maximum Gasteiger partial charge on any atom is 0.227 e. The van der Waals surface area contributed by atoms with E-state index in [-0.39, 0.29) is 11.8 Å². The van der Waals surface area contributed by atoms with Gasteiger partial charge in [-0.05, 0) is 33.4 Å². The van der Waals surface area contributed by atoms with Crippen LogP contribution in [0.4, 0.5) is 5.69 Å². The highest BCUT2D eigenvalue weighted by molar-refractivity contribution is 9.10. The Kier molecular flexibility index (Phi) is 4.06. The summed E-state index contributed by atoms with van der Waals surface area (Å²) in [4.78, 5) is 20.2. The van der Waals surface area contributed by atoms with Gasteiger partial charge < -0.3 is 4.90 Å². The highest BCUT2D eigenvalue weighted by Gasteiger charge is 2.30. The minimum atomic E-state index is 0.00385. The molecule has 0 aromatic carbocycles. The first-order chi connectivity index (χ1) is 8.61. The number of anilines is 1. The molecule has 94 valence electrons. The summed E-state index contributed by atoms with van der Waals surface area (Å²) in [5.41, 5.74) is 8.97. The normalized spacial score (nSPS) is 18.9. The van der Waals surface area contributed by atoms with Crippen LogP contribution in [0.15, 0.2) is 21.9 Å². The van der Waals surface area contributed by atoms with Crippen molar-refractivity contribution in [2.75, 3.05) is 18.0 Å². The van der Waals surface area contributed by atoms with Gasteiger partial charge in [-0.3, -0.25) is 4.79 Å². The summed E-state index contributed by atoms with van der Waals surface area (Å²) in [5, 5.41) is 3.86. The molecule has 0 saturated carbocycles. The second-order valence-corrected chi connectivity index (χ2v) is 5.17. The largest absolute Gasteiger partial charge is 0.311 e. The van der Waals surface area contributed by atoms with Crippen molar-refractivity contribution in [2.45, 2.75) is 6.42 Å². The van der Waals surface area contributed by atoms with Crippen LogP contribution in [0.2, 0.25) is 5.15 Å². The zero-order chi connectivity index (χ0) is 13.1. The maximum atomic E-state index is 11.9. The average Bonchev–Trinajstić information content (AvgIpc) is 2.71. The molecular formula is C10H9BrClN5O. The summed E-state index contributed by atoms with van der Waals surface area (Å²) >= 11 is 9.08. The zero-order valence-electron chi connectivity index (χ0n) is 9.25. The summed E-state index contributed by atoms with van der Waals surface area (Å²) in [5.74, 6) is 0.0621. The van der Waals surface area contributed by atoms with Crippen molar-refractivity contribution in [3.63, 3.8) is 0 Å². The second-order valence-electron chi connectivity index (χ2n) is 3.95. The zero-order valence-corrected chi connectivity index (χ0v) is 11.6. The van der Waals surface area contributed by atoms with Crippen LogP contribution in [0.3, 0.4) is 0 Å². The molecule has 0 aliphatic carbocycles. The Morgan fingerprint density at radius 1 is 1.72 bits per heavy atom. The average molecular weight is 331 g/mol. The van der Waals surface area contributed by atoms with E-state index in [0.717, 1.165) is 0 Å². The fourth-order valence-electron chi connectivity index (χ4n) is 1.86. The van der Waals surface area contributed by atoms with Crippen LogP contribution in [0.25, 0.3) is 10.4 Å². The van der Waals surface area contributed by atoms with Gasteiger partial charge in [-0.15, -0.1) is 0 Å². The van der Waals surface area contributed by atoms with Gasteiger partial charge in [0.15, 0.2) is 0 Å². The third kappa shape index (κ3) is 2.75. The lowest BCUT2D eigenvalue weighted by atomic mass is 10.1. The van der Waals surface area contributed by atoms with E-state index in [0.29, 0.717) is 34.8 Å². The molecule has 1 aromatic rings. The molecule has 1 amide bonds. The Morgan fingerprint density at radius 3 is 3.17 bits per heavy atom. The molecule has 1 atom stereocenters. The van der Waals surface area contributed by atoms with Crippen LogP contribution >= 0.6 is 27.5 Å². The lowest BCUT2D eigenvalue weighted by Gasteiger charge is -2.16. The number of aromatic nitrogens is 1. The molecule has 6 nitrogen and oxygen atoms in total. The van der Waals surface area contributed by atoms with Crippen LogP contribution in [0.5, 0.6) is 0 Å². The van der Waals surface area contributed by atoms with Crippen LogP contribution < -0.4 is 4.90 Å². The van der Waals surface area contributed by atoms with E-state index in [2.05, 4.69) is 30.9 Å². The molecule has 0 N–H and O–H groups in total. The lowest BCUT2D eigenvalue weighted by molar-refractivity contribution is -0.117. The van der Waals surface area contributed by atoms with Crippen molar-refractivity contribution in [3.05, 3.63) is 32.3 Å². The number of pyridine rings is 1. The van der Waals surface area contributed by atoms with Gasteiger partial charge in [-0.25, -0.2) is 4.98 Å².